The van der Waals surface area contributed by atoms with E-state index in [4.69, 9.17) is 5.11 Å². The van der Waals surface area contributed by atoms with Gasteiger partial charge in [0.25, 0.3) is 0 Å². The molecule has 0 saturated carbocycles. The molecule has 0 unspecified atom stereocenters. The van der Waals surface area contributed by atoms with Gasteiger partial charge in [0.1, 0.15) is 0 Å². The number of fused-ring (bicyclic) bond motifs is 1. The van der Waals surface area contributed by atoms with Crippen LogP contribution in [0.25, 0.3) is 11.0 Å². The number of imidazole rings is 1. The van der Waals surface area contributed by atoms with Gasteiger partial charge in [0.05, 0.1) is 27.8 Å². The van der Waals surface area contributed by atoms with Crippen molar-refractivity contribution < 1.29 is 9.90 Å². The number of nitrogens with zero attached hydrogens (tertiary/aromatic N) is 2. The molecule has 0 aliphatic carbocycles. The minimum atomic E-state index is -1.05. The standard InChI is InChI=1S/C13H11N3O3S/c17-12(18)9-2-1-3-10-11(9)15-13(19)16(10)5-4-8-6-20-7-14-8/h1-3,6-7H,4-5H2,(H,15,19)(H,17,18). The minimum Gasteiger partial charge on any atom is -0.478 e. The molecule has 2 heterocycles. The van der Waals surface area contributed by atoms with Gasteiger partial charge in [-0.15, -0.1) is 11.3 Å². The topological polar surface area (TPSA) is 88.0 Å². The predicted molar refractivity (Wildman–Crippen MR) is 75.3 cm³/mol. The number of rotatable bonds is 4. The van der Waals surface area contributed by atoms with Crippen LogP contribution < -0.4 is 5.69 Å². The van der Waals surface area contributed by atoms with Crippen molar-refractivity contribution in [2.45, 2.75) is 13.0 Å². The molecule has 2 N–H and O–H groups in total. The molecule has 6 nitrogen and oxygen atoms in total. The number of hydrogen-bond acceptors (Lipinski definition) is 4. The van der Waals surface area contributed by atoms with E-state index >= 15 is 0 Å². The van der Waals surface area contributed by atoms with E-state index < -0.39 is 5.97 Å². The maximum absolute atomic E-state index is 12.0. The zero-order valence-corrected chi connectivity index (χ0v) is 11.2. The zero-order chi connectivity index (χ0) is 14.1. The summed E-state index contributed by atoms with van der Waals surface area (Å²) in [4.78, 5) is 29.9. The first-order valence-corrected chi connectivity index (χ1v) is 6.93. The Morgan fingerprint density at radius 3 is 3.00 bits per heavy atom. The lowest BCUT2D eigenvalue weighted by atomic mass is 10.2. The van der Waals surface area contributed by atoms with Crippen LogP contribution in [0.4, 0.5) is 0 Å². The van der Waals surface area contributed by atoms with Crippen molar-refractivity contribution in [3.05, 3.63) is 50.8 Å². The molecule has 0 bridgehead atoms. The molecule has 3 rings (SSSR count). The molecular formula is C13H11N3O3S. The SMILES string of the molecule is O=C(O)c1cccc2c1[nH]c(=O)n2CCc1cscn1. The van der Waals surface area contributed by atoms with Crippen molar-refractivity contribution in [2.75, 3.05) is 0 Å². The molecule has 1 aromatic carbocycles. The number of carboxylic acid groups (broad SMARTS) is 1. The van der Waals surface area contributed by atoms with E-state index in [1.165, 1.54) is 17.4 Å². The van der Waals surface area contributed by atoms with Crippen LogP contribution in [0.2, 0.25) is 0 Å². The van der Waals surface area contributed by atoms with Gasteiger partial charge in [0.2, 0.25) is 0 Å². The summed E-state index contributed by atoms with van der Waals surface area (Å²) in [6.45, 7) is 0.464. The van der Waals surface area contributed by atoms with Gasteiger partial charge >= 0.3 is 11.7 Å². The van der Waals surface area contributed by atoms with E-state index in [0.717, 1.165) is 5.69 Å². The third kappa shape index (κ3) is 2.12. The molecule has 0 saturated heterocycles. The van der Waals surface area contributed by atoms with Gasteiger partial charge in [0, 0.05) is 18.3 Å². The zero-order valence-electron chi connectivity index (χ0n) is 10.4. The summed E-state index contributed by atoms with van der Waals surface area (Å²) in [6.07, 6.45) is 0.633. The average molecular weight is 289 g/mol. The number of aryl methyl sites for hydroxylation is 2. The molecule has 0 amide bonds. The van der Waals surface area contributed by atoms with Crippen LogP contribution in [-0.4, -0.2) is 25.6 Å². The summed E-state index contributed by atoms with van der Waals surface area (Å²) < 4.78 is 1.54. The summed E-state index contributed by atoms with van der Waals surface area (Å²) in [7, 11) is 0. The number of carboxylic acids is 1. The molecule has 0 fully saturated rings. The number of thiazole rings is 1. The lowest BCUT2D eigenvalue weighted by Gasteiger charge is -2.02. The smallest absolute Gasteiger partial charge is 0.337 e. The maximum atomic E-state index is 12.0. The second kappa shape index (κ2) is 4.93. The molecule has 0 aliphatic rings. The van der Waals surface area contributed by atoms with Crippen LogP contribution in [0.5, 0.6) is 0 Å². The maximum Gasteiger partial charge on any atom is 0.337 e. The molecule has 102 valence electrons. The van der Waals surface area contributed by atoms with E-state index in [1.54, 1.807) is 22.2 Å². The first-order chi connectivity index (χ1) is 9.66. The highest BCUT2D eigenvalue weighted by molar-refractivity contribution is 7.07. The average Bonchev–Trinajstić information content (AvgIpc) is 3.02. The van der Waals surface area contributed by atoms with Gasteiger partial charge in [-0.3, -0.25) is 4.57 Å². The molecule has 0 aliphatic heterocycles. The molecule has 0 atom stereocenters. The quantitative estimate of drug-likeness (QED) is 0.765. The Morgan fingerprint density at radius 1 is 1.45 bits per heavy atom. The number of aromatic amines is 1. The van der Waals surface area contributed by atoms with E-state index in [-0.39, 0.29) is 11.3 Å². The van der Waals surface area contributed by atoms with Crippen molar-refractivity contribution in [3.8, 4) is 0 Å². The largest absolute Gasteiger partial charge is 0.478 e. The summed E-state index contributed by atoms with van der Waals surface area (Å²) in [5.74, 6) is -1.05. The summed E-state index contributed by atoms with van der Waals surface area (Å²) >= 11 is 1.51. The van der Waals surface area contributed by atoms with E-state index in [2.05, 4.69) is 9.97 Å². The van der Waals surface area contributed by atoms with E-state index in [1.807, 2.05) is 5.38 Å². The number of para-hydroxylation sites is 1. The second-order valence-corrected chi connectivity index (χ2v) is 5.04. The lowest BCUT2D eigenvalue weighted by Crippen LogP contribution is -2.17. The Kier molecular flexibility index (Phi) is 3.11. The predicted octanol–water partition coefficient (Wildman–Crippen LogP) is 1.73. The third-order valence-electron chi connectivity index (χ3n) is 3.12. The second-order valence-electron chi connectivity index (χ2n) is 4.32. The number of aromatic carboxylic acids is 1. The molecule has 0 spiro atoms. The van der Waals surface area contributed by atoms with Crippen molar-refractivity contribution in [2.24, 2.45) is 0 Å². The number of benzene rings is 1. The fourth-order valence-corrected chi connectivity index (χ4v) is 2.76. The summed E-state index contributed by atoms with van der Waals surface area (Å²) in [5.41, 5.74) is 3.44. The fraction of sp³-hybridized carbons (Fsp3) is 0.154. The number of nitrogens with one attached hydrogen (secondary N) is 1. The Labute approximate surface area is 117 Å². The van der Waals surface area contributed by atoms with E-state index in [0.29, 0.717) is 24.0 Å². The monoisotopic (exact) mass is 289 g/mol. The van der Waals surface area contributed by atoms with Crippen LogP contribution in [-0.2, 0) is 13.0 Å². The third-order valence-corrected chi connectivity index (χ3v) is 3.75. The molecule has 20 heavy (non-hydrogen) atoms. The minimum absolute atomic E-state index is 0.104. The first kappa shape index (κ1) is 12.6. The number of H-pyrrole nitrogens is 1. The molecular weight excluding hydrogens is 278 g/mol. The van der Waals surface area contributed by atoms with Gasteiger partial charge in [-0.25, -0.2) is 14.6 Å². The Hall–Kier alpha value is -2.41. The number of carbonyl (C=O) groups is 1. The molecule has 7 heteroatoms. The summed E-state index contributed by atoms with van der Waals surface area (Å²) in [6, 6.07) is 4.85. The Bertz CT molecular complexity index is 817. The van der Waals surface area contributed by atoms with Gasteiger partial charge in [-0.2, -0.15) is 0 Å². The lowest BCUT2D eigenvalue weighted by molar-refractivity contribution is 0.0699. The number of hydrogen-bond donors (Lipinski definition) is 2. The van der Waals surface area contributed by atoms with Crippen LogP contribution in [0.15, 0.2) is 33.9 Å². The van der Waals surface area contributed by atoms with Gasteiger partial charge < -0.3 is 10.1 Å². The van der Waals surface area contributed by atoms with Crippen LogP contribution in [0, 0.1) is 0 Å². The van der Waals surface area contributed by atoms with Crippen molar-refractivity contribution >= 4 is 28.3 Å². The first-order valence-electron chi connectivity index (χ1n) is 5.98. The van der Waals surface area contributed by atoms with Crippen LogP contribution in [0.3, 0.4) is 0 Å². The highest BCUT2D eigenvalue weighted by Crippen LogP contribution is 2.16. The van der Waals surface area contributed by atoms with Gasteiger partial charge in [-0.1, -0.05) is 6.07 Å². The highest BCUT2D eigenvalue weighted by Gasteiger charge is 2.14. The molecule has 3 aromatic rings. The normalized spacial score (nSPS) is 11.0. The fourth-order valence-electron chi connectivity index (χ4n) is 2.17. The summed E-state index contributed by atoms with van der Waals surface area (Å²) in [5, 5.41) is 11.1. The van der Waals surface area contributed by atoms with E-state index in [9.17, 15) is 9.59 Å². The number of aromatic nitrogens is 3. The Morgan fingerprint density at radius 2 is 2.30 bits per heavy atom. The molecule has 0 radical (unpaired) electrons. The Balaban J connectivity index is 2.03. The van der Waals surface area contributed by atoms with Crippen LogP contribution in [0.1, 0.15) is 16.1 Å². The van der Waals surface area contributed by atoms with Gasteiger partial charge in [0.15, 0.2) is 0 Å². The van der Waals surface area contributed by atoms with Gasteiger partial charge in [-0.05, 0) is 12.1 Å². The van der Waals surface area contributed by atoms with Crippen molar-refractivity contribution in [1.29, 1.82) is 0 Å². The molecule has 2 aromatic heterocycles. The van der Waals surface area contributed by atoms with Crippen LogP contribution >= 0.6 is 11.3 Å². The highest BCUT2D eigenvalue weighted by atomic mass is 32.1. The van der Waals surface area contributed by atoms with Crippen molar-refractivity contribution in [1.82, 2.24) is 14.5 Å². The van der Waals surface area contributed by atoms with Crippen molar-refractivity contribution in [3.63, 3.8) is 0 Å².